The Morgan fingerprint density at radius 2 is 1.69 bits per heavy atom. The highest BCUT2D eigenvalue weighted by molar-refractivity contribution is 5.96. The number of para-hydroxylation sites is 1. The molecule has 0 aliphatic rings. The van der Waals surface area contributed by atoms with Crippen LogP contribution in [0.15, 0.2) is 48.5 Å². The first-order valence-corrected chi connectivity index (χ1v) is 9.17. The second kappa shape index (κ2) is 10.5. The fourth-order valence-electron chi connectivity index (χ4n) is 2.47. The number of carbonyl (C=O) groups is 2. The summed E-state index contributed by atoms with van der Waals surface area (Å²) >= 11 is 0. The van der Waals surface area contributed by atoms with Gasteiger partial charge in [-0.15, -0.1) is 0 Å². The molecule has 0 radical (unpaired) electrons. The Balaban J connectivity index is 1.85. The first kappa shape index (κ1) is 22.3. The third-order valence-electron chi connectivity index (χ3n) is 3.95. The summed E-state index contributed by atoms with van der Waals surface area (Å²) in [6, 6.07) is 10.8. The van der Waals surface area contributed by atoms with Gasteiger partial charge in [0.1, 0.15) is 5.75 Å². The van der Waals surface area contributed by atoms with Gasteiger partial charge in [0, 0.05) is 0 Å². The van der Waals surface area contributed by atoms with E-state index in [4.69, 9.17) is 9.47 Å². The predicted molar refractivity (Wildman–Crippen MR) is 102 cm³/mol. The normalized spacial score (nSPS) is 11.0. The molecule has 0 heterocycles. The maximum absolute atomic E-state index is 12.9. The van der Waals surface area contributed by atoms with Crippen LogP contribution in [-0.4, -0.2) is 25.1 Å². The van der Waals surface area contributed by atoms with Crippen molar-refractivity contribution in [3.63, 3.8) is 0 Å². The lowest BCUT2D eigenvalue weighted by Crippen LogP contribution is -2.22. The number of amides is 1. The molecule has 0 atom stereocenters. The molecule has 0 saturated carbocycles. The Hall–Kier alpha value is -3.03. The zero-order valence-electron chi connectivity index (χ0n) is 15.9. The van der Waals surface area contributed by atoms with E-state index in [1.807, 2.05) is 0 Å². The molecule has 2 aromatic rings. The molecule has 0 bridgehead atoms. The number of halogens is 3. The summed E-state index contributed by atoms with van der Waals surface area (Å²) in [7, 11) is 0. The molecule has 2 aromatic carbocycles. The van der Waals surface area contributed by atoms with Crippen LogP contribution in [0, 0.1) is 0 Å². The zero-order chi connectivity index (χ0) is 21.3. The summed E-state index contributed by atoms with van der Waals surface area (Å²) in [6.07, 6.45) is -1.52. The molecule has 2 rings (SSSR count). The number of benzene rings is 2. The summed E-state index contributed by atoms with van der Waals surface area (Å²) in [5.41, 5.74) is -1.17. The number of carbonyl (C=O) groups excluding carboxylic acids is 2. The third-order valence-corrected chi connectivity index (χ3v) is 3.95. The topological polar surface area (TPSA) is 64.6 Å². The Kier molecular flexibility index (Phi) is 8.06. The number of alkyl halides is 3. The lowest BCUT2D eigenvalue weighted by Gasteiger charge is -2.13. The monoisotopic (exact) mass is 409 g/mol. The van der Waals surface area contributed by atoms with Gasteiger partial charge in [-0.25, -0.2) is 4.79 Å². The minimum Gasteiger partial charge on any atom is -0.494 e. The molecule has 1 N–H and O–H groups in total. The van der Waals surface area contributed by atoms with Crippen LogP contribution in [0.3, 0.4) is 0 Å². The van der Waals surface area contributed by atoms with Crippen molar-refractivity contribution in [2.24, 2.45) is 0 Å². The summed E-state index contributed by atoms with van der Waals surface area (Å²) in [4.78, 5) is 23.9. The summed E-state index contributed by atoms with van der Waals surface area (Å²) in [5, 5.41) is 2.11. The number of hydrogen-bond donors (Lipinski definition) is 1. The molecular weight excluding hydrogens is 387 g/mol. The van der Waals surface area contributed by atoms with Crippen molar-refractivity contribution >= 4 is 17.6 Å². The fourth-order valence-corrected chi connectivity index (χ4v) is 2.47. The van der Waals surface area contributed by atoms with E-state index in [9.17, 15) is 22.8 Å². The largest absolute Gasteiger partial charge is 0.494 e. The van der Waals surface area contributed by atoms with E-state index < -0.39 is 35.9 Å². The fraction of sp³-hybridized carbons (Fsp3) is 0.333. The van der Waals surface area contributed by atoms with Crippen LogP contribution in [0.1, 0.15) is 42.1 Å². The molecule has 0 spiro atoms. The molecule has 1 amide bonds. The van der Waals surface area contributed by atoms with Gasteiger partial charge in [-0.05, 0) is 42.8 Å². The minimum absolute atomic E-state index is 0.203. The second-order valence-electron chi connectivity index (χ2n) is 6.25. The van der Waals surface area contributed by atoms with Crippen LogP contribution in [0.4, 0.5) is 18.9 Å². The molecule has 29 heavy (non-hydrogen) atoms. The van der Waals surface area contributed by atoms with Crippen molar-refractivity contribution in [3.8, 4) is 5.75 Å². The molecule has 0 aromatic heterocycles. The van der Waals surface area contributed by atoms with E-state index in [0.717, 1.165) is 31.4 Å². The summed E-state index contributed by atoms with van der Waals surface area (Å²) in [6.45, 7) is 1.97. The van der Waals surface area contributed by atoms with Crippen LogP contribution in [0.5, 0.6) is 5.75 Å². The standard InChI is InChI=1S/C21H22F3NO4/c1-2-3-6-13-28-16-11-9-15(10-12-16)20(27)29-14-19(26)25-18-8-5-4-7-17(18)21(22,23)24/h4-5,7-12H,2-3,6,13-14H2,1H3,(H,25,26). The van der Waals surface area contributed by atoms with E-state index >= 15 is 0 Å². The van der Waals surface area contributed by atoms with Gasteiger partial charge >= 0.3 is 12.1 Å². The highest BCUT2D eigenvalue weighted by atomic mass is 19.4. The lowest BCUT2D eigenvalue weighted by molar-refractivity contribution is -0.137. The highest BCUT2D eigenvalue weighted by Crippen LogP contribution is 2.34. The molecule has 156 valence electrons. The van der Waals surface area contributed by atoms with Gasteiger partial charge < -0.3 is 14.8 Å². The van der Waals surface area contributed by atoms with Crippen LogP contribution in [-0.2, 0) is 15.7 Å². The Morgan fingerprint density at radius 3 is 2.34 bits per heavy atom. The molecule has 0 aliphatic heterocycles. The zero-order valence-corrected chi connectivity index (χ0v) is 15.9. The number of esters is 1. The number of hydrogen-bond acceptors (Lipinski definition) is 4. The molecule has 0 unspecified atom stereocenters. The van der Waals surface area contributed by atoms with Gasteiger partial charge in [0.25, 0.3) is 5.91 Å². The average Bonchev–Trinajstić information content (AvgIpc) is 2.69. The quantitative estimate of drug-likeness (QED) is 0.464. The number of anilines is 1. The predicted octanol–water partition coefficient (Wildman–Crippen LogP) is 5.07. The SMILES string of the molecule is CCCCCOc1ccc(C(=O)OCC(=O)Nc2ccccc2C(F)(F)F)cc1. The highest BCUT2D eigenvalue weighted by Gasteiger charge is 2.33. The minimum atomic E-state index is -4.61. The van der Waals surface area contributed by atoms with E-state index in [0.29, 0.717) is 12.4 Å². The van der Waals surface area contributed by atoms with Crippen molar-refractivity contribution in [3.05, 3.63) is 59.7 Å². The van der Waals surface area contributed by atoms with Crippen molar-refractivity contribution < 1.29 is 32.2 Å². The molecular formula is C21H22F3NO4. The Labute approximate surface area is 166 Å². The molecule has 0 fully saturated rings. The maximum Gasteiger partial charge on any atom is 0.418 e. The number of rotatable bonds is 9. The van der Waals surface area contributed by atoms with E-state index in [2.05, 4.69) is 12.2 Å². The van der Waals surface area contributed by atoms with Crippen LogP contribution in [0.2, 0.25) is 0 Å². The van der Waals surface area contributed by atoms with Crippen molar-refractivity contribution in [1.29, 1.82) is 0 Å². The second-order valence-corrected chi connectivity index (χ2v) is 6.25. The van der Waals surface area contributed by atoms with E-state index in [1.54, 1.807) is 12.1 Å². The Bertz CT molecular complexity index is 819. The smallest absolute Gasteiger partial charge is 0.418 e. The van der Waals surface area contributed by atoms with Crippen molar-refractivity contribution in [2.45, 2.75) is 32.4 Å². The van der Waals surface area contributed by atoms with E-state index in [1.165, 1.54) is 24.3 Å². The summed E-state index contributed by atoms with van der Waals surface area (Å²) in [5.74, 6) is -1.02. The van der Waals surface area contributed by atoms with Crippen molar-refractivity contribution in [2.75, 3.05) is 18.5 Å². The van der Waals surface area contributed by atoms with Gasteiger partial charge in [-0.1, -0.05) is 31.9 Å². The van der Waals surface area contributed by atoms with Gasteiger partial charge in [-0.2, -0.15) is 13.2 Å². The Morgan fingerprint density at radius 1 is 1.00 bits per heavy atom. The summed E-state index contributed by atoms with van der Waals surface area (Å²) < 4.78 is 49.2. The molecule has 5 nitrogen and oxygen atoms in total. The number of unbranched alkanes of at least 4 members (excludes halogenated alkanes) is 2. The van der Waals surface area contributed by atoms with E-state index in [-0.39, 0.29) is 5.56 Å². The maximum atomic E-state index is 12.9. The van der Waals surface area contributed by atoms with Crippen LogP contribution < -0.4 is 10.1 Å². The average molecular weight is 409 g/mol. The van der Waals surface area contributed by atoms with Gasteiger partial charge in [0.2, 0.25) is 0 Å². The van der Waals surface area contributed by atoms with Crippen LogP contribution >= 0.6 is 0 Å². The number of nitrogens with one attached hydrogen (secondary N) is 1. The first-order chi connectivity index (χ1) is 13.8. The van der Waals surface area contributed by atoms with Gasteiger partial charge in [0.05, 0.1) is 23.4 Å². The molecule has 8 heteroatoms. The van der Waals surface area contributed by atoms with Gasteiger partial charge in [0.15, 0.2) is 6.61 Å². The van der Waals surface area contributed by atoms with Crippen LogP contribution in [0.25, 0.3) is 0 Å². The first-order valence-electron chi connectivity index (χ1n) is 9.17. The molecule has 0 saturated heterocycles. The number of ether oxygens (including phenoxy) is 2. The van der Waals surface area contributed by atoms with Crippen molar-refractivity contribution in [1.82, 2.24) is 0 Å². The van der Waals surface area contributed by atoms with Gasteiger partial charge in [-0.3, -0.25) is 4.79 Å². The lowest BCUT2D eigenvalue weighted by atomic mass is 10.1. The third kappa shape index (κ3) is 7.14. The molecule has 0 aliphatic carbocycles.